The maximum absolute atomic E-state index is 9.11. The molecule has 0 aliphatic heterocycles. The molecule has 0 saturated carbocycles. The molecule has 2 rings (SSSR count). The van der Waals surface area contributed by atoms with E-state index < -0.39 is 0 Å². The monoisotopic (exact) mass is 277 g/mol. The van der Waals surface area contributed by atoms with Crippen molar-refractivity contribution in [2.75, 3.05) is 6.54 Å². The van der Waals surface area contributed by atoms with Crippen LogP contribution in [0.1, 0.15) is 17.2 Å². The van der Waals surface area contributed by atoms with Crippen molar-refractivity contribution >= 4 is 11.6 Å². The van der Waals surface area contributed by atoms with Gasteiger partial charge in [-0.1, -0.05) is 35.9 Å². The molecule has 1 unspecified atom stereocenters. The third kappa shape index (κ3) is 3.70. The van der Waals surface area contributed by atoms with Gasteiger partial charge in [0.25, 0.3) is 0 Å². The second-order valence-electron chi connectivity index (χ2n) is 4.20. The van der Waals surface area contributed by atoms with Crippen LogP contribution in [0.5, 0.6) is 5.75 Å². The van der Waals surface area contributed by atoms with Gasteiger partial charge in [0, 0.05) is 11.6 Å². The number of benzene rings is 2. The average Bonchev–Trinajstić information content (AvgIpc) is 2.46. The first kappa shape index (κ1) is 13.9. The molecule has 0 aliphatic rings. The number of halogens is 1. The number of aliphatic hydroxyl groups excluding tert-OH is 1. The molecule has 3 N–H and O–H groups in total. The summed E-state index contributed by atoms with van der Waals surface area (Å²) in [7, 11) is 0. The predicted molar refractivity (Wildman–Crippen MR) is 76.2 cm³/mol. The van der Waals surface area contributed by atoms with Crippen LogP contribution in [0.3, 0.4) is 0 Å². The van der Waals surface area contributed by atoms with Gasteiger partial charge in [-0.05, 0) is 35.4 Å². The summed E-state index contributed by atoms with van der Waals surface area (Å²) in [5.74, 6) is 0.692. The SMILES string of the molecule is NCC(Oc1cccc(CO)c1)c1ccc(Cl)cc1. The Labute approximate surface area is 117 Å². The Hall–Kier alpha value is -1.55. The van der Waals surface area contributed by atoms with Crippen molar-refractivity contribution < 1.29 is 9.84 Å². The highest BCUT2D eigenvalue weighted by atomic mass is 35.5. The second kappa shape index (κ2) is 6.57. The highest BCUT2D eigenvalue weighted by Gasteiger charge is 2.11. The summed E-state index contributed by atoms with van der Waals surface area (Å²) in [4.78, 5) is 0. The molecule has 0 aromatic heterocycles. The van der Waals surface area contributed by atoms with E-state index in [0.717, 1.165) is 11.1 Å². The van der Waals surface area contributed by atoms with E-state index in [4.69, 9.17) is 27.2 Å². The second-order valence-corrected chi connectivity index (χ2v) is 4.64. The molecule has 0 spiro atoms. The molecule has 0 saturated heterocycles. The van der Waals surface area contributed by atoms with Crippen molar-refractivity contribution in [1.82, 2.24) is 0 Å². The molecule has 0 heterocycles. The molecule has 0 aliphatic carbocycles. The van der Waals surface area contributed by atoms with Crippen LogP contribution < -0.4 is 10.5 Å². The van der Waals surface area contributed by atoms with Crippen molar-refractivity contribution in [1.29, 1.82) is 0 Å². The van der Waals surface area contributed by atoms with E-state index >= 15 is 0 Å². The minimum Gasteiger partial charge on any atom is -0.484 e. The quantitative estimate of drug-likeness (QED) is 0.883. The lowest BCUT2D eigenvalue weighted by atomic mass is 10.1. The molecule has 2 aromatic carbocycles. The van der Waals surface area contributed by atoms with Crippen molar-refractivity contribution in [3.63, 3.8) is 0 Å². The lowest BCUT2D eigenvalue weighted by Gasteiger charge is -2.18. The Balaban J connectivity index is 2.16. The minimum atomic E-state index is -0.230. The van der Waals surface area contributed by atoms with E-state index in [1.165, 1.54) is 0 Å². The van der Waals surface area contributed by atoms with E-state index in [-0.39, 0.29) is 12.7 Å². The van der Waals surface area contributed by atoms with Gasteiger partial charge in [-0.25, -0.2) is 0 Å². The normalized spacial score (nSPS) is 12.2. The number of aliphatic hydroxyl groups is 1. The topological polar surface area (TPSA) is 55.5 Å². The average molecular weight is 278 g/mol. The molecule has 2 aromatic rings. The van der Waals surface area contributed by atoms with Crippen molar-refractivity contribution in [3.8, 4) is 5.75 Å². The molecule has 0 bridgehead atoms. The van der Waals surface area contributed by atoms with E-state index in [2.05, 4.69) is 0 Å². The Bertz CT molecular complexity index is 528. The van der Waals surface area contributed by atoms with E-state index in [9.17, 15) is 0 Å². The number of hydrogen-bond donors (Lipinski definition) is 2. The van der Waals surface area contributed by atoms with Gasteiger partial charge in [0.05, 0.1) is 6.61 Å². The van der Waals surface area contributed by atoms with E-state index in [0.29, 0.717) is 17.3 Å². The van der Waals surface area contributed by atoms with Gasteiger partial charge in [-0.3, -0.25) is 0 Å². The smallest absolute Gasteiger partial charge is 0.136 e. The fourth-order valence-corrected chi connectivity index (χ4v) is 1.94. The fourth-order valence-electron chi connectivity index (χ4n) is 1.81. The van der Waals surface area contributed by atoms with Gasteiger partial charge in [0.2, 0.25) is 0 Å². The molecule has 0 amide bonds. The van der Waals surface area contributed by atoms with Crippen LogP contribution in [0.2, 0.25) is 5.02 Å². The molecule has 3 nitrogen and oxygen atoms in total. The number of rotatable bonds is 5. The molecular formula is C15H16ClNO2. The highest BCUT2D eigenvalue weighted by Crippen LogP contribution is 2.23. The van der Waals surface area contributed by atoms with Crippen LogP contribution >= 0.6 is 11.6 Å². The van der Waals surface area contributed by atoms with Crippen molar-refractivity contribution in [2.24, 2.45) is 5.73 Å². The lowest BCUT2D eigenvalue weighted by molar-refractivity contribution is 0.213. The molecular weight excluding hydrogens is 262 g/mol. The first-order valence-electron chi connectivity index (χ1n) is 6.05. The standard InChI is InChI=1S/C15H16ClNO2/c16-13-6-4-12(5-7-13)15(9-17)19-14-3-1-2-11(8-14)10-18/h1-8,15,18H,9-10,17H2. The number of nitrogens with two attached hydrogens (primary N) is 1. The molecule has 19 heavy (non-hydrogen) atoms. The summed E-state index contributed by atoms with van der Waals surface area (Å²) in [6, 6.07) is 14.8. The van der Waals surface area contributed by atoms with Crippen molar-refractivity contribution in [2.45, 2.75) is 12.7 Å². The zero-order valence-electron chi connectivity index (χ0n) is 10.4. The zero-order chi connectivity index (χ0) is 13.7. The third-order valence-electron chi connectivity index (χ3n) is 2.82. The van der Waals surface area contributed by atoms with Crippen LogP contribution in [0.15, 0.2) is 48.5 Å². The minimum absolute atomic E-state index is 0.00850. The Morgan fingerprint density at radius 1 is 1.16 bits per heavy atom. The maximum Gasteiger partial charge on any atom is 0.136 e. The summed E-state index contributed by atoms with van der Waals surface area (Å²) in [6.45, 7) is 0.358. The van der Waals surface area contributed by atoms with Crippen LogP contribution in [0.25, 0.3) is 0 Å². The van der Waals surface area contributed by atoms with E-state index in [1.807, 2.05) is 42.5 Å². The van der Waals surface area contributed by atoms with Gasteiger partial charge >= 0.3 is 0 Å². The van der Waals surface area contributed by atoms with Gasteiger partial charge in [-0.2, -0.15) is 0 Å². The Morgan fingerprint density at radius 3 is 2.53 bits per heavy atom. The molecule has 100 valence electrons. The largest absolute Gasteiger partial charge is 0.484 e. The molecule has 4 heteroatoms. The Kier molecular flexibility index (Phi) is 4.80. The summed E-state index contributed by atoms with van der Waals surface area (Å²) in [6.07, 6.45) is -0.230. The van der Waals surface area contributed by atoms with E-state index in [1.54, 1.807) is 6.07 Å². The first-order chi connectivity index (χ1) is 9.22. The van der Waals surface area contributed by atoms with Crippen LogP contribution in [-0.4, -0.2) is 11.7 Å². The fraction of sp³-hybridized carbons (Fsp3) is 0.200. The molecule has 0 fully saturated rings. The van der Waals surface area contributed by atoms with Crippen LogP contribution in [0.4, 0.5) is 0 Å². The lowest BCUT2D eigenvalue weighted by Crippen LogP contribution is -2.18. The molecule has 1 atom stereocenters. The van der Waals surface area contributed by atoms with Gasteiger partial charge < -0.3 is 15.6 Å². The summed E-state index contributed by atoms with van der Waals surface area (Å²) in [5, 5.41) is 9.79. The predicted octanol–water partition coefficient (Wildman–Crippen LogP) is 2.91. The Morgan fingerprint density at radius 2 is 1.89 bits per heavy atom. The van der Waals surface area contributed by atoms with Gasteiger partial charge in [0.1, 0.15) is 11.9 Å². The first-order valence-corrected chi connectivity index (χ1v) is 6.42. The van der Waals surface area contributed by atoms with Gasteiger partial charge in [0.15, 0.2) is 0 Å². The molecule has 0 radical (unpaired) electrons. The van der Waals surface area contributed by atoms with Crippen LogP contribution in [0, 0.1) is 0 Å². The summed E-state index contributed by atoms with van der Waals surface area (Å²) < 4.78 is 5.85. The van der Waals surface area contributed by atoms with Gasteiger partial charge in [-0.15, -0.1) is 0 Å². The summed E-state index contributed by atoms with van der Waals surface area (Å²) in [5.41, 5.74) is 7.54. The van der Waals surface area contributed by atoms with Crippen molar-refractivity contribution in [3.05, 3.63) is 64.7 Å². The van der Waals surface area contributed by atoms with Crippen LogP contribution in [-0.2, 0) is 6.61 Å². The number of ether oxygens (including phenoxy) is 1. The third-order valence-corrected chi connectivity index (χ3v) is 3.07. The summed E-state index contributed by atoms with van der Waals surface area (Å²) >= 11 is 5.86. The highest BCUT2D eigenvalue weighted by molar-refractivity contribution is 6.30. The number of hydrogen-bond acceptors (Lipinski definition) is 3. The zero-order valence-corrected chi connectivity index (χ0v) is 11.2. The maximum atomic E-state index is 9.11.